The lowest BCUT2D eigenvalue weighted by Gasteiger charge is -2.54. The van der Waals surface area contributed by atoms with Crippen LogP contribution in [0.2, 0.25) is 0 Å². The third-order valence-electron chi connectivity index (χ3n) is 7.22. The van der Waals surface area contributed by atoms with Crippen LogP contribution in [0.25, 0.3) is 0 Å². The second-order valence-corrected chi connectivity index (χ2v) is 10.7. The van der Waals surface area contributed by atoms with Crippen LogP contribution in [-0.2, 0) is 4.74 Å². The summed E-state index contributed by atoms with van der Waals surface area (Å²) in [5, 5.41) is 49.0. The molecule has 0 bridgehead atoms. The number of ether oxygens (including phenoxy) is 1. The normalized spacial score (nSPS) is 29.1. The van der Waals surface area contributed by atoms with Crippen LogP contribution in [0, 0.1) is 23.7 Å². The van der Waals surface area contributed by atoms with Crippen LogP contribution in [0.1, 0.15) is 92.4 Å². The largest absolute Gasteiger partial charge is 0.396 e. The highest BCUT2D eigenvalue weighted by molar-refractivity contribution is 5.12. The maximum atomic E-state index is 10.3. The van der Waals surface area contributed by atoms with Gasteiger partial charge in [-0.25, -0.2) is 0 Å². The van der Waals surface area contributed by atoms with Gasteiger partial charge in [0.1, 0.15) is 6.10 Å². The van der Waals surface area contributed by atoms with Gasteiger partial charge in [-0.2, -0.15) is 0 Å². The predicted octanol–water partition coefficient (Wildman–Crippen LogP) is 3.78. The zero-order chi connectivity index (χ0) is 24.3. The maximum absolute atomic E-state index is 10.3. The Morgan fingerprint density at radius 3 is 2.00 bits per heavy atom. The molecule has 7 atom stereocenters. The third kappa shape index (κ3) is 9.03. The number of hydrogen-bond donors (Lipinski definition) is 5. The van der Waals surface area contributed by atoms with Crippen LogP contribution in [0.3, 0.4) is 0 Å². The lowest BCUT2D eigenvalue weighted by molar-refractivity contribution is -0.345. The fraction of sp³-hybridized carbons (Fsp3) is 0.923. The van der Waals surface area contributed by atoms with Gasteiger partial charge in [-0.05, 0) is 37.5 Å². The standard InChI is InChI=1S/C26H50O6/c1-18(2)9-6-10-19(3)11-7-12-20(4)13-8-14-21(5)15-16-32-25(30)26(31)22(17-27)23(28)24(26)29/h15,18-20,22-25,27-31H,6-14,16-17H2,1-5H3. The van der Waals surface area contributed by atoms with E-state index in [2.05, 4.69) is 27.7 Å². The van der Waals surface area contributed by atoms with Crippen molar-refractivity contribution in [3.63, 3.8) is 0 Å². The summed E-state index contributed by atoms with van der Waals surface area (Å²) < 4.78 is 5.26. The smallest absolute Gasteiger partial charge is 0.187 e. The molecule has 1 saturated carbocycles. The van der Waals surface area contributed by atoms with Crippen molar-refractivity contribution in [1.82, 2.24) is 0 Å². The van der Waals surface area contributed by atoms with Gasteiger partial charge in [0.15, 0.2) is 11.9 Å². The molecule has 0 aromatic rings. The van der Waals surface area contributed by atoms with E-state index in [0.717, 1.165) is 36.2 Å². The summed E-state index contributed by atoms with van der Waals surface area (Å²) in [5.74, 6) is 1.34. The van der Waals surface area contributed by atoms with Crippen LogP contribution in [0.4, 0.5) is 0 Å². The molecule has 0 aromatic carbocycles. The zero-order valence-electron chi connectivity index (χ0n) is 21.0. The summed E-state index contributed by atoms with van der Waals surface area (Å²) in [7, 11) is 0. The van der Waals surface area contributed by atoms with E-state index in [1.165, 1.54) is 44.9 Å². The van der Waals surface area contributed by atoms with Gasteiger partial charge in [0.05, 0.1) is 19.3 Å². The van der Waals surface area contributed by atoms with E-state index in [-0.39, 0.29) is 6.61 Å². The van der Waals surface area contributed by atoms with E-state index >= 15 is 0 Å². The molecule has 6 nitrogen and oxygen atoms in total. The highest BCUT2D eigenvalue weighted by Crippen LogP contribution is 2.41. The molecule has 0 saturated heterocycles. The van der Waals surface area contributed by atoms with Crippen molar-refractivity contribution < 1.29 is 30.3 Å². The van der Waals surface area contributed by atoms with Gasteiger partial charge in [0.2, 0.25) is 0 Å². The summed E-state index contributed by atoms with van der Waals surface area (Å²) in [6, 6.07) is 0. The molecule has 0 amide bonds. The van der Waals surface area contributed by atoms with E-state index in [0.29, 0.717) is 0 Å². The molecule has 32 heavy (non-hydrogen) atoms. The van der Waals surface area contributed by atoms with Gasteiger partial charge in [-0.1, -0.05) is 84.3 Å². The van der Waals surface area contributed by atoms with Crippen molar-refractivity contribution >= 4 is 0 Å². The molecule has 5 N–H and O–H groups in total. The van der Waals surface area contributed by atoms with E-state index < -0.39 is 36.6 Å². The summed E-state index contributed by atoms with van der Waals surface area (Å²) in [6.07, 6.45) is 8.61. The molecule has 0 spiro atoms. The topological polar surface area (TPSA) is 110 Å². The Bertz CT molecular complexity index is 536. The number of aliphatic hydroxyl groups excluding tert-OH is 4. The number of allylic oxidation sites excluding steroid dienone is 1. The van der Waals surface area contributed by atoms with Crippen molar-refractivity contribution in [3.05, 3.63) is 11.6 Å². The summed E-state index contributed by atoms with van der Waals surface area (Å²) >= 11 is 0. The Labute approximate surface area is 195 Å². The Morgan fingerprint density at radius 2 is 1.47 bits per heavy atom. The van der Waals surface area contributed by atoms with Crippen LogP contribution >= 0.6 is 0 Å². The molecule has 0 heterocycles. The van der Waals surface area contributed by atoms with E-state index in [1.54, 1.807) is 0 Å². The second-order valence-electron chi connectivity index (χ2n) is 10.7. The minimum Gasteiger partial charge on any atom is -0.396 e. The first-order valence-electron chi connectivity index (χ1n) is 12.7. The molecule has 1 rings (SSSR count). The molecular weight excluding hydrogens is 408 g/mol. The number of aliphatic hydroxyl groups is 5. The van der Waals surface area contributed by atoms with Gasteiger partial charge in [-0.15, -0.1) is 0 Å². The summed E-state index contributed by atoms with van der Waals surface area (Å²) in [4.78, 5) is 0. The average molecular weight is 459 g/mol. The predicted molar refractivity (Wildman–Crippen MR) is 128 cm³/mol. The van der Waals surface area contributed by atoms with E-state index in [9.17, 15) is 25.5 Å². The zero-order valence-corrected chi connectivity index (χ0v) is 21.0. The highest BCUT2D eigenvalue weighted by Gasteiger charge is 2.64. The number of hydrogen-bond acceptors (Lipinski definition) is 6. The molecule has 1 aliphatic rings. The van der Waals surface area contributed by atoms with Crippen LogP contribution in [0.5, 0.6) is 0 Å². The van der Waals surface area contributed by atoms with Crippen LogP contribution in [0.15, 0.2) is 11.6 Å². The lowest BCUT2D eigenvalue weighted by Crippen LogP contribution is -2.76. The highest BCUT2D eigenvalue weighted by atomic mass is 16.6. The van der Waals surface area contributed by atoms with Gasteiger partial charge in [0, 0.05) is 5.92 Å². The van der Waals surface area contributed by atoms with Crippen molar-refractivity contribution in [3.8, 4) is 0 Å². The Morgan fingerprint density at radius 1 is 0.938 bits per heavy atom. The molecule has 1 aliphatic carbocycles. The summed E-state index contributed by atoms with van der Waals surface area (Å²) in [5.41, 5.74) is -0.889. The molecule has 6 heteroatoms. The molecule has 0 aromatic heterocycles. The van der Waals surface area contributed by atoms with Gasteiger partial charge < -0.3 is 30.3 Å². The van der Waals surface area contributed by atoms with E-state index in [1.807, 2.05) is 13.0 Å². The Balaban J connectivity index is 2.17. The Hall–Kier alpha value is -0.500. The summed E-state index contributed by atoms with van der Waals surface area (Å²) in [6.45, 7) is 10.9. The van der Waals surface area contributed by atoms with Crippen molar-refractivity contribution in [1.29, 1.82) is 0 Å². The minimum atomic E-state index is -2.04. The molecule has 0 radical (unpaired) electrons. The van der Waals surface area contributed by atoms with Gasteiger partial charge in [0.25, 0.3) is 0 Å². The minimum absolute atomic E-state index is 0.0977. The number of rotatable bonds is 17. The van der Waals surface area contributed by atoms with Crippen molar-refractivity contribution in [2.45, 2.75) is 117 Å². The first kappa shape index (κ1) is 29.5. The van der Waals surface area contributed by atoms with Gasteiger partial charge in [-0.3, -0.25) is 0 Å². The quantitative estimate of drug-likeness (QED) is 0.168. The molecule has 7 unspecified atom stereocenters. The molecular formula is C26H50O6. The second kappa shape index (κ2) is 14.7. The SMILES string of the molecule is CC(=CCOC(O)C1(O)C(O)C(O)C1CO)CCCC(C)CCCC(C)CCCC(C)C. The van der Waals surface area contributed by atoms with Crippen LogP contribution < -0.4 is 0 Å². The fourth-order valence-electron chi connectivity index (χ4n) is 4.68. The first-order chi connectivity index (χ1) is 15.0. The monoisotopic (exact) mass is 458 g/mol. The molecule has 190 valence electrons. The van der Waals surface area contributed by atoms with Crippen molar-refractivity contribution in [2.24, 2.45) is 23.7 Å². The Kier molecular flexibility index (Phi) is 13.6. The molecule has 1 fully saturated rings. The molecule has 0 aliphatic heterocycles. The van der Waals surface area contributed by atoms with E-state index in [4.69, 9.17) is 4.74 Å². The first-order valence-corrected chi connectivity index (χ1v) is 12.7. The van der Waals surface area contributed by atoms with Gasteiger partial charge >= 0.3 is 0 Å². The lowest BCUT2D eigenvalue weighted by atomic mass is 9.64. The third-order valence-corrected chi connectivity index (χ3v) is 7.22. The fourth-order valence-corrected chi connectivity index (χ4v) is 4.68. The average Bonchev–Trinajstić information content (AvgIpc) is 2.73. The maximum Gasteiger partial charge on any atom is 0.187 e. The van der Waals surface area contributed by atoms with Crippen LogP contribution in [-0.4, -0.2) is 62.8 Å². The van der Waals surface area contributed by atoms with Crippen molar-refractivity contribution in [2.75, 3.05) is 13.2 Å².